The van der Waals surface area contributed by atoms with Gasteiger partial charge in [-0.05, 0) is 45.3 Å². The first kappa shape index (κ1) is 16.7. The summed E-state index contributed by atoms with van der Waals surface area (Å²) >= 11 is 0. The van der Waals surface area contributed by atoms with E-state index in [0.29, 0.717) is 11.3 Å². The van der Waals surface area contributed by atoms with Crippen molar-refractivity contribution in [3.63, 3.8) is 0 Å². The average molecular weight is 327 g/mol. The maximum Gasteiger partial charge on any atom is 0.494 e. The zero-order valence-corrected chi connectivity index (χ0v) is 14.7. The highest BCUT2D eigenvalue weighted by atomic mass is 16.7. The predicted octanol–water partition coefficient (Wildman–Crippen LogP) is 1.97. The Bertz CT molecular complexity index is 737. The topological polar surface area (TPSA) is 65.4 Å². The number of nitrogens with zero attached hydrogens (tertiary/aromatic N) is 2. The standard InChI is InChI=1S/C17H22BN3O3/c1-16(2)17(3,4)24-18(23-16)13-8-6-12(7-9-13)15(22)20-14-10-19-21(5)11-14/h6-11H,1-5H3,(H,20,22). The van der Waals surface area contributed by atoms with Crippen molar-refractivity contribution in [1.82, 2.24) is 9.78 Å². The molecule has 2 heterocycles. The van der Waals surface area contributed by atoms with E-state index in [0.717, 1.165) is 5.46 Å². The zero-order valence-electron chi connectivity index (χ0n) is 14.7. The molecule has 0 unspecified atom stereocenters. The first-order chi connectivity index (χ1) is 11.2. The summed E-state index contributed by atoms with van der Waals surface area (Å²) < 4.78 is 13.7. The highest BCUT2D eigenvalue weighted by molar-refractivity contribution is 6.62. The number of hydrogen-bond donors (Lipinski definition) is 1. The van der Waals surface area contributed by atoms with Gasteiger partial charge in [0.25, 0.3) is 5.91 Å². The number of rotatable bonds is 3. The fraction of sp³-hybridized carbons (Fsp3) is 0.412. The molecule has 0 radical (unpaired) electrons. The minimum Gasteiger partial charge on any atom is -0.399 e. The number of carbonyl (C=O) groups is 1. The van der Waals surface area contributed by atoms with Gasteiger partial charge < -0.3 is 14.6 Å². The van der Waals surface area contributed by atoms with Crippen LogP contribution < -0.4 is 10.8 Å². The van der Waals surface area contributed by atoms with Crippen molar-refractivity contribution < 1.29 is 14.1 Å². The van der Waals surface area contributed by atoms with Crippen molar-refractivity contribution in [1.29, 1.82) is 0 Å². The number of hydrogen-bond acceptors (Lipinski definition) is 4. The zero-order chi connectivity index (χ0) is 17.5. The number of nitrogens with one attached hydrogen (secondary N) is 1. The lowest BCUT2D eigenvalue weighted by Gasteiger charge is -2.32. The lowest BCUT2D eigenvalue weighted by atomic mass is 9.79. The quantitative estimate of drug-likeness (QED) is 0.876. The maximum absolute atomic E-state index is 12.3. The molecule has 1 saturated heterocycles. The summed E-state index contributed by atoms with van der Waals surface area (Å²) in [5.74, 6) is -0.177. The number of aryl methyl sites for hydroxylation is 1. The van der Waals surface area contributed by atoms with Crippen LogP contribution in [0.5, 0.6) is 0 Å². The van der Waals surface area contributed by atoms with Crippen molar-refractivity contribution in [2.24, 2.45) is 7.05 Å². The lowest BCUT2D eigenvalue weighted by Crippen LogP contribution is -2.41. The molecule has 0 aliphatic carbocycles. The molecule has 1 N–H and O–H groups in total. The second-order valence-electron chi connectivity index (χ2n) is 7.07. The minimum atomic E-state index is -0.426. The van der Waals surface area contributed by atoms with Gasteiger partial charge in [-0.15, -0.1) is 0 Å². The van der Waals surface area contributed by atoms with E-state index in [-0.39, 0.29) is 17.1 Å². The third-order valence-electron chi connectivity index (χ3n) is 4.66. The molecule has 1 aliphatic rings. The van der Waals surface area contributed by atoms with Crippen LogP contribution in [-0.2, 0) is 16.4 Å². The van der Waals surface area contributed by atoms with Gasteiger partial charge in [-0.3, -0.25) is 9.48 Å². The molecular formula is C17H22BN3O3. The van der Waals surface area contributed by atoms with Gasteiger partial charge in [-0.1, -0.05) is 12.1 Å². The van der Waals surface area contributed by atoms with Gasteiger partial charge in [0.1, 0.15) is 0 Å². The van der Waals surface area contributed by atoms with Crippen molar-refractivity contribution in [2.45, 2.75) is 38.9 Å². The van der Waals surface area contributed by atoms with Crippen LogP contribution in [0.4, 0.5) is 5.69 Å². The van der Waals surface area contributed by atoms with Gasteiger partial charge in [-0.25, -0.2) is 0 Å². The Morgan fingerprint density at radius 1 is 1.12 bits per heavy atom. The molecule has 0 saturated carbocycles. The van der Waals surface area contributed by atoms with E-state index >= 15 is 0 Å². The molecular weight excluding hydrogens is 305 g/mol. The average Bonchev–Trinajstić information content (AvgIpc) is 3.00. The van der Waals surface area contributed by atoms with Crippen LogP contribution in [0.2, 0.25) is 0 Å². The van der Waals surface area contributed by atoms with E-state index in [9.17, 15) is 4.79 Å². The lowest BCUT2D eigenvalue weighted by molar-refractivity contribution is 0.00578. The second-order valence-corrected chi connectivity index (χ2v) is 7.07. The molecule has 1 aliphatic heterocycles. The highest BCUT2D eigenvalue weighted by Gasteiger charge is 2.51. The molecule has 0 bridgehead atoms. The molecule has 1 aromatic carbocycles. The Kier molecular flexibility index (Phi) is 4.01. The smallest absolute Gasteiger partial charge is 0.399 e. The van der Waals surface area contributed by atoms with Crippen LogP contribution in [0.1, 0.15) is 38.1 Å². The molecule has 1 aromatic heterocycles. The third-order valence-corrected chi connectivity index (χ3v) is 4.66. The van der Waals surface area contributed by atoms with Crippen LogP contribution in [0.3, 0.4) is 0 Å². The number of benzene rings is 1. The number of carbonyl (C=O) groups excluding carboxylic acids is 1. The van der Waals surface area contributed by atoms with Gasteiger partial charge in [0.15, 0.2) is 0 Å². The molecule has 126 valence electrons. The summed E-state index contributed by atoms with van der Waals surface area (Å²) in [4.78, 5) is 12.3. The fourth-order valence-electron chi connectivity index (χ4n) is 2.46. The minimum absolute atomic E-state index is 0.177. The maximum atomic E-state index is 12.3. The molecule has 0 spiro atoms. The third kappa shape index (κ3) is 3.09. The second kappa shape index (κ2) is 5.75. The van der Waals surface area contributed by atoms with Crippen LogP contribution in [-0.4, -0.2) is 34.0 Å². The Morgan fingerprint density at radius 3 is 2.21 bits per heavy atom. The van der Waals surface area contributed by atoms with Crippen LogP contribution >= 0.6 is 0 Å². The Hall–Kier alpha value is -2.12. The van der Waals surface area contributed by atoms with Crippen molar-refractivity contribution >= 4 is 24.2 Å². The van der Waals surface area contributed by atoms with Crippen molar-refractivity contribution in [3.8, 4) is 0 Å². The predicted molar refractivity (Wildman–Crippen MR) is 93.3 cm³/mol. The first-order valence-corrected chi connectivity index (χ1v) is 7.93. The van der Waals surface area contributed by atoms with Crippen molar-refractivity contribution in [3.05, 3.63) is 42.2 Å². The molecule has 3 rings (SSSR count). The SMILES string of the molecule is Cn1cc(NC(=O)c2ccc(B3OC(C)(C)C(C)(C)O3)cc2)cn1. The molecule has 0 atom stereocenters. The Morgan fingerprint density at radius 2 is 1.71 bits per heavy atom. The van der Waals surface area contributed by atoms with Gasteiger partial charge in [0.05, 0.1) is 23.1 Å². The van der Waals surface area contributed by atoms with Gasteiger partial charge in [-0.2, -0.15) is 5.10 Å². The van der Waals surface area contributed by atoms with Crippen LogP contribution in [0.15, 0.2) is 36.7 Å². The molecule has 1 amide bonds. The molecule has 2 aromatic rings. The van der Waals surface area contributed by atoms with Crippen molar-refractivity contribution in [2.75, 3.05) is 5.32 Å². The summed E-state index contributed by atoms with van der Waals surface area (Å²) in [6, 6.07) is 7.26. The number of anilines is 1. The Labute approximate surface area is 142 Å². The summed E-state index contributed by atoms with van der Waals surface area (Å²) in [7, 11) is 1.38. The van der Waals surface area contributed by atoms with Crippen LogP contribution in [0.25, 0.3) is 0 Å². The summed E-state index contributed by atoms with van der Waals surface area (Å²) in [5.41, 5.74) is 1.37. The first-order valence-electron chi connectivity index (χ1n) is 7.93. The van der Waals surface area contributed by atoms with E-state index in [4.69, 9.17) is 9.31 Å². The highest BCUT2D eigenvalue weighted by Crippen LogP contribution is 2.36. The fourth-order valence-corrected chi connectivity index (χ4v) is 2.46. The van der Waals surface area contributed by atoms with Crippen LogP contribution in [0, 0.1) is 0 Å². The van der Waals surface area contributed by atoms with E-state index < -0.39 is 7.12 Å². The van der Waals surface area contributed by atoms with Gasteiger partial charge in [0.2, 0.25) is 0 Å². The Balaban J connectivity index is 1.71. The van der Waals surface area contributed by atoms with E-state index in [2.05, 4.69) is 10.4 Å². The number of aromatic nitrogens is 2. The summed E-state index contributed by atoms with van der Waals surface area (Å²) in [5, 5.41) is 6.84. The molecule has 24 heavy (non-hydrogen) atoms. The summed E-state index contributed by atoms with van der Waals surface area (Å²) in [6.45, 7) is 8.07. The molecule has 7 heteroatoms. The van der Waals surface area contributed by atoms with E-state index in [1.807, 2.05) is 39.8 Å². The monoisotopic (exact) mass is 327 g/mol. The van der Waals surface area contributed by atoms with E-state index in [1.54, 1.807) is 36.3 Å². The number of amides is 1. The van der Waals surface area contributed by atoms with Gasteiger partial charge in [0, 0.05) is 18.8 Å². The summed E-state index contributed by atoms with van der Waals surface area (Å²) in [6.07, 6.45) is 3.35. The van der Waals surface area contributed by atoms with Gasteiger partial charge >= 0.3 is 7.12 Å². The molecule has 6 nitrogen and oxygen atoms in total. The molecule has 1 fully saturated rings. The largest absolute Gasteiger partial charge is 0.494 e. The van der Waals surface area contributed by atoms with E-state index in [1.165, 1.54) is 0 Å². The normalized spacial score (nSPS) is 18.6.